The van der Waals surface area contributed by atoms with Crippen LogP contribution in [0.3, 0.4) is 0 Å². The Morgan fingerprint density at radius 1 is 1.67 bits per heavy atom. The molecule has 0 radical (unpaired) electrons. The molecule has 88 valence electrons. The van der Waals surface area contributed by atoms with E-state index in [2.05, 4.69) is 11.8 Å². The summed E-state index contributed by atoms with van der Waals surface area (Å²) in [6.45, 7) is 4.93. The molecule has 0 spiro atoms. The first-order valence-corrected chi connectivity index (χ1v) is 5.55. The molecule has 1 fully saturated rings. The van der Waals surface area contributed by atoms with E-state index >= 15 is 0 Å². The zero-order valence-electron chi connectivity index (χ0n) is 9.82. The fourth-order valence-corrected chi connectivity index (χ4v) is 2.14. The summed E-state index contributed by atoms with van der Waals surface area (Å²) in [4.78, 5) is 13.3. The number of rotatable bonds is 4. The highest BCUT2D eigenvalue weighted by molar-refractivity contribution is 5.69. The van der Waals surface area contributed by atoms with Crippen molar-refractivity contribution in [2.75, 3.05) is 20.2 Å². The predicted molar refractivity (Wildman–Crippen MR) is 57.5 cm³/mol. The Kier molecular flexibility index (Phi) is 4.11. The highest BCUT2D eigenvalue weighted by Crippen LogP contribution is 2.29. The molecule has 1 aliphatic rings. The zero-order valence-corrected chi connectivity index (χ0v) is 9.82. The number of carbonyl (C=O) groups excluding carboxylic acids is 1. The molecule has 2 atom stereocenters. The van der Waals surface area contributed by atoms with E-state index in [9.17, 15) is 9.90 Å². The number of hydrogen-bond acceptors (Lipinski definition) is 4. The summed E-state index contributed by atoms with van der Waals surface area (Å²) in [5.74, 6) is -0.215. The Morgan fingerprint density at radius 2 is 2.33 bits per heavy atom. The van der Waals surface area contributed by atoms with E-state index in [4.69, 9.17) is 4.74 Å². The van der Waals surface area contributed by atoms with Gasteiger partial charge in [0.05, 0.1) is 12.2 Å². The zero-order chi connectivity index (χ0) is 11.5. The van der Waals surface area contributed by atoms with Gasteiger partial charge in [-0.2, -0.15) is 0 Å². The minimum Gasteiger partial charge on any atom is -0.466 e. The normalized spacial score (nSPS) is 31.9. The van der Waals surface area contributed by atoms with E-state index in [0.29, 0.717) is 32.0 Å². The Balaban J connectivity index is 2.35. The third-order valence-electron chi connectivity index (χ3n) is 3.07. The molecular formula is C11H21NO3. The molecular weight excluding hydrogens is 194 g/mol. The highest BCUT2D eigenvalue weighted by atomic mass is 16.5. The number of likely N-dealkylation sites (tertiary alicyclic amines) is 1. The quantitative estimate of drug-likeness (QED) is 0.704. The fourth-order valence-electron chi connectivity index (χ4n) is 2.14. The number of likely N-dealkylation sites (N-methyl/N-ethyl adjacent to an activating group) is 1. The van der Waals surface area contributed by atoms with Crippen LogP contribution >= 0.6 is 0 Å². The minimum atomic E-state index is -0.707. The number of β-amino-alcohol motifs (C(OH)–C–C–N with tert-alkyl or cyclic N) is 1. The van der Waals surface area contributed by atoms with Crippen molar-refractivity contribution in [1.29, 1.82) is 0 Å². The Morgan fingerprint density at radius 3 is 2.80 bits per heavy atom. The van der Waals surface area contributed by atoms with Gasteiger partial charge in [0.2, 0.25) is 0 Å². The topological polar surface area (TPSA) is 49.8 Å². The van der Waals surface area contributed by atoms with E-state index in [1.165, 1.54) is 0 Å². The largest absolute Gasteiger partial charge is 0.466 e. The van der Waals surface area contributed by atoms with Crippen LogP contribution in [0.2, 0.25) is 0 Å². The molecule has 0 aromatic carbocycles. The first-order valence-electron chi connectivity index (χ1n) is 5.55. The van der Waals surface area contributed by atoms with Crippen LogP contribution in [0.25, 0.3) is 0 Å². The van der Waals surface area contributed by atoms with Crippen molar-refractivity contribution in [3.05, 3.63) is 0 Å². The van der Waals surface area contributed by atoms with Gasteiger partial charge in [0.25, 0.3) is 0 Å². The number of hydrogen-bond donors (Lipinski definition) is 1. The van der Waals surface area contributed by atoms with Crippen LogP contribution in [0.1, 0.15) is 33.1 Å². The first-order chi connectivity index (χ1) is 6.97. The smallest absolute Gasteiger partial charge is 0.305 e. The van der Waals surface area contributed by atoms with Crippen molar-refractivity contribution in [3.63, 3.8) is 0 Å². The third-order valence-corrected chi connectivity index (χ3v) is 3.07. The fraction of sp³-hybridized carbons (Fsp3) is 0.909. The lowest BCUT2D eigenvalue weighted by atomic mass is 9.95. The summed E-state index contributed by atoms with van der Waals surface area (Å²) in [5.41, 5.74) is -0.707. The van der Waals surface area contributed by atoms with Crippen LogP contribution in [-0.4, -0.2) is 47.8 Å². The van der Waals surface area contributed by atoms with Crippen molar-refractivity contribution in [2.24, 2.45) is 0 Å². The minimum absolute atomic E-state index is 0.215. The summed E-state index contributed by atoms with van der Waals surface area (Å²) in [5, 5.41) is 10.2. The number of carbonyl (C=O) groups is 1. The summed E-state index contributed by atoms with van der Waals surface area (Å²) < 4.78 is 4.84. The van der Waals surface area contributed by atoms with Gasteiger partial charge in [0.15, 0.2) is 0 Å². The SMILES string of the molecule is CCOC(=O)CCC1(O)CC(C)N(C)C1. The number of ether oxygens (including phenoxy) is 1. The highest BCUT2D eigenvalue weighted by Gasteiger charge is 2.38. The van der Waals surface area contributed by atoms with Gasteiger partial charge in [-0.15, -0.1) is 0 Å². The average Bonchev–Trinajstić information content (AvgIpc) is 2.39. The number of aliphatic hydroxyl groups is 1. The summed E-state index contributed by atoms with van der Waals surface area (Å²) in [6, 6.07) is 0.386. The molecule has 0 aromatic heterocycles. The van der Waals surface area contributed by atoms with Gasteiger partial charge in [-0.3, -0.25) is 4.79 Å². The van der Waals surface area contributed by atoms with E-state index in [1.54, 1.807) is 6.92 Å². The molecule has 0 aromatic rings. The van der Waals surface area contributed by atoms with Crippen molar-refractivity contribution < 1.29 is 14.6 Å². The first kappa shape index (κ1) is 12.5. The van der Waals surface area contributed by atoms with Crippen molar-refractivity contribution in [2.45, 2.75) is 44.8 Å². The van der Waals surface area contributed by atoms with Crippen molar-refractivity contribution >= 4 is 5.97 Å². The van der Waals surface area contributed by atoms with E-state index in [1.807, 2.05) is 7.05 Å². The van der Waals surface area contributed by atoms with Gasteiger partial charge in [-0.1, -0.05) is 0 Å². The second kappa shape index (κ2) is 4.94. The molecule has 0 bridgehead atoms. The van der Waals surface area contributed by atoms with Crippen LogP contribution < -0.4 is 0 Å². The Labute approximate surface area is 91.2 Å². The third kappa shape index (κ3) is 3.47. The molecule has 1 saturated heterocycles. The molecule has 1 aliphatic heterocycles. The maximum atomic E-state index is 11.2. The second-order valence-corrected chi connectivity index (χ2v) is 4.50. The molecule has 15 heavy (non-hydrogen) atoms. The maximum absolute atomic E-state index is 11.2. The molecule has 1 N–H and O–H groups in total. The molecule has 0 aliphatic carbocycles. The monoisotopic (exact) mass is 215 g/mol. The van der Waals surface area contributed by atoms with Crippen LogP contribution in [-0.2, 0) is 9.53 Å². The lowest BCUT2D eigenvalue weighted by Crippen LogP contribution is -2.32. The predicted octanol–water partition coefficient (Wildman–Crippen LogP) is 0.785. The molecule has 4 heteroatoms. The average molecular weight is 215 g/mol. The van der Waals surface area contributed by atoms with Gasteiger partial charge in [0, 0.05) is 19.0 Å². The van der Waals surface area contributed by atoms with Gasteiger partial charge in [-0.25, -0.2) is 0 Å². The summed E-state index contributed by atoms with van der Waals surface area (Å²) in [6.07, 6.45) is 1.55. The van der Waals surface area contributed by atoms with E-state index < -0.39 is 5.60 Å². The number of esters is 1. The number of nitrogens with zero attached hydrogens (tertiary/aromatic N) is 1. The van der Waals surface area contributed by atoms with Crippen LogP contribution in [0.15, 0.2) is 0 Å². The maximum Gasteiger partial charge on any atom is 0.305 e. The summed E-state index contributed by atoms with van der Waals surface area (Å²) in [7, 11) is 1.99. The second-order valence-electron chi connectivity index (χ2n) is 4.50. The molecule has 2 unspecified atom stereocenters. The Bertz CT molecular complexity index is 220. The standard InChI is InChI=1S/C11H21NO3/c1-4-15-10(13)5-6-11(14)7-9(2)12(3)8-11/h9,14H,4-8H2,1-3H3. The van der Waals surface area contributed by atoms with Gasteiger partial charge in [0.1, 0.15) is 0 Å². The summed E-state index contributed by atoms with van der Waals surface area (Å²) >= 11 is 0. The van der Waals surface area contributed by atoms with Crippen molar-refractivity contribution in [3.8, 4) is 0 Å². The molecule has 1 heterocycles. The molecule has 0 amide bonds. The van der Waals surface area contributed by atoms with E-state index in [-0.39, 0.29) is 5.97 Å². The van der Waals surface area contributed by atoms with E-state index in [0.717, 1.165) is 6.42 Å². The molecule has 4 nitrogen and oxygen atoms in total. The molecule has 0 saturated carbocycles. The van der Waals surface area contributed by atoms with Gasteiger partial charge >= 0.3 is 5.97 Å². The van der Waals surface area contributed by atoms with Crippen LogP contribution in [0.5, 0.6) is 0 Å². The van der Waals surface area contributed by atoms with Crippen molar-refractivity contribution in [1.82, 2.24) is 4.90 Å². The van der Waals surface area contributed by atoms with Gasteiger partial charge in [-0.05, 0) is 33.7 Å². The van der Waals surface area contributed by atoms with Crippen LogP contribution in [0, 0.1) is 0 Å². The van der Waals surface area contributed by atoms with Gasteiger partial charge < -0.3 is 14.7 Å². The lowest BCUT2D eigenvalue weighted by Gasteiger charge is -2.21. The lowest BCUT2D eigenvalue weighted by molar-refractivity contribution is -0.144. The van der Waals surface area contributed by atoms with Crippen LogP contribution in [0.4, 0.5) is 0 Å². The molecule has 1 rings (SSSR count). The Hall–Kier alpha value is -0.610.